The van der Waals surface area contributed by atoms with E-state index < -0.39 is 0 Å². The molecule has 148 valence electrons. The second-order valence-electron chi connectivity index (χ2n) is 6.57. The maximum Gasteiger partial charge on any atom is 0.269 e. The van der Waals surface area contributed by atoms with Crippen LogP contribution in [0.2, 0.25) is 0 Å². The van der Waals surface area contributed by atoms with Crippen LogP contribution in [0.25, 0.3) is 0 Å². The van der Waals surface area contributed by atoms with Crippen LogP contribution in [0.5, 0.6) is 5.75 Å². The predicted molar refractivity (Wildman–Crippen MR) is 112 cm³/mol. The number of methoxy groups -OCH3 is 1. The van der Waals surface area contributed by atoms with Gasteiger partial charge in [-0.1, -0.05) is 30.3 Å². The third-order valence-electron chi connectivity index (χ3n) is 4.40. The smallest absolute Gasteiger partial charge is 0.269 e. The molecule has 3 aromatic rings. The largest absolute Gasteiger partial charge is 0.496 e. The number of anilines is 1. The summed E-state index contributed by atoms with van der Waals surface area (Å²) >= 11 is 0. The quantitative estimate of drug-likeness (QED) is 0.647. The zero-order valence-electron chi connectivity index (χ0n) is 16.4. The Labute approximate surface area is 169 Å². The van der Waals surface area contributed by atoms with Crippen LogP contribution in [0.15, 0.2) is 66.9 Å². The Kier molecular flexibility index (Phi) is 6.58. The molecule has 2 amide bonds. The average Bonchev–Trinajstić information content (AvgIpc) is 2.74. The summed E-state index contributed by atoms with van der Waals surface area (Å²) in [6.07, 6.45) is 2.09. The molecular weight excluding hydrogens is 366 g/mol. The molecule has 0 aliphatic heterocycles. The number of hydrogen-bond donors (Lipinski definition) is 2. The highest BCUT2D eigenvalue weighted by molar-refractivity contribution is 6.05. The van der Waals surface area contributed by atoms with E-state index >= 15 is 0 Å². The Morgan fingerprint density at radius 3 is 2.62 bits per heavy atom. The van der Waals surface area contributed by atoms with Gasteiger partial charge in [-0.2, -0.15) is 0 Å². The maximum atomic E-state index is 12.5. The third kappa shape index (κ3) is 5.42. The first-order valence-electron chi connectivity index (χ1n) is 9.31. The number of aryl methyl sites for hydroxylation is 1. The Morgan fingerprint density at radius 2 is 1.83 bits per heavy atom. The van der Waals surface area contributed by atoms with E-state index in [1.165, 1.54) is 12.3 Å². The van der Waals surface area contributed by atoms with Crippen LogP contribution in [-0.4, -0.2) is 30.5 Å². The van der Waals surface area contributed by atoms with Gasteiger partial charge in [-0.3, -0.25) is 14.6 Å². The summed E-state index contributed by atoms with van der Waals surface area (Å²) in [6.45, 7) is 2.39. The molecule has 2 N–H and O–H groups in total. The lowest BCUT2D eigenvalue weighted by atomic mass is 10.1. The number of benzene rings is 2. The van der Waals surface area contributed by atoms with Crippen LogP contribution in [0.4, 0.5) is 5.69 Å². The summed E-state index contributed by atoms with van der Waals surface area (Å²) in [5.74, 6) is 0.167. The van der Waals surface area contributed by atoms with Gasteiger partial charge in [0.1, 0.15) is 11.4 Å². The van der Waals surface area contributed by atoms with Crippen molar-refractivity contribution < 1.29 is 14.3 Å². The monoisotopic (exact) mass is 389 g/mol. The number of ether oxygens (including phenoxy) is 1. The molecule has 0 atom stereocenters. The van der Waals surface area contributed by atoms with Crippen LogP contribution in [0, 0.1) is 6.92 Å². The molecule has 6 nitrogen and oxygen atoms in total. The predicted octanol–water partition coefficient (Wildman–Crippen LogP) is 3.62. The summed E-state index contributed by atoms with van der Waals surface area (Å²) in [7, 11) is 1.62. The molecule has 0 radical (unpaired) electrons. The summed E-state index contributed by atoms with van der Waals surface area (Å²) in [5.41, 5.74) is 3.33. The lowest BCUT2D eigenvalue weighted by Gasteiger charge is -2.10. The van der Waals surface area contributed by atoms with Gasteiger partial charge in [-0.25, -0.2) is 0 Å². The van der Waals surface area contributed by atoms with Crippen molar-refractivity contribution in [3.63, 3.8) is 0 Å². The number of hydrogen-bond acceptors (Lipinski definition) is 4. The number of carbonyl (C=O) groups is 2. The Morgan fingerprint density at radius 1 is 1.00 bits per heavy atom. The van der Waals surface area contributed by atoms with Gasteiger partial charge in [0, 0.05) is 24.0 Å². The Hall–Kier alpha value is -3.67. The van der Waals surface area contributed by atoms with Crippen molar-refractivity contribution in [3.8, 4) is 5.75 Å². The molecule has 29 heavy (non-hydrogen) atoms. The third-order valence-corrected chi connectivity index (χ3v) is 4.40. The van der Waals surface area contributed by atoms with E-state index in [4.69, 9.17) is 4.74 Å². The van der Waals surface area contributed by atoms with Crippen molar-refractivity contribution in [1.82, 2.24) is 10.3 Å². The molecule has 6 heteroatoms. The first kappa shape index (κ1) is 20.1. The lowest BCUT2D eigenvalue weighted by molar-refractivity contribution is 0.0949. The zero-order chi connectivity index (χ0) is 20.6. The molecule has 1 heterocycles. The minimum Gasteiger partial charge on any atom is -0.496 e. The van der Waals surface area contributed by atoms with Crippen molar-refractivity contribution in [2.75, 3.05) is 19.0 Å². The van der Waals surface area contributed by atoms with E-state index in [0.717, 1.165) is 16.9 Å². The molecule has 0 bridgehead atoms. The van der Waals surface area contributed by atoms with Gasteiger partial charge in [0.15, 0.2) is 0 Å². The topological polar surface area (TPSA) is 80.3 Å². The van der Waals surface area contributed by atoms with E-state index in [0.29, 0.717) is 24.2 Å². The van der Waals surface area contributed by atoms with Crippen LogP contribution in [-0.2, 0) is 6.42 Å². The summed E-state index contributed by atoms with van der Waals surface area (Å²) in [4.78, 5) is 29.0. The number of amides is 2. The highest BCUT2D eigenvalue weighted by Crippen LogP contribution is 2.17. The van der Waals surface area contributed by atoms with Crippen molar-refractivity contribution >= 4 is 17.5 Å². The fraction of sp³-hybridized carbons (Fsp3) is 0.174. The molecule has 0 unspecified atom stereocenters. The standard InChI is InChI=1S/C23H23N3O3/c1-16-6-5-8-19(14-16)26-22(27)18-11-12-24-20(15-18)23(28)25-13-10-17-7-3-4-9-21(17)29-2/h3-9,11-12,14-15H,10,13H2,1-2H3,(H,25,28)(H,26,27). The lowest BCUT2D eigenvalue weighted by Crippen LogP contribution is -2.27. The molecular formula is C23H23N3O3. The minimum atomic E-state index is -0.329. The molecule has 0 saturated carbocycles. The minimum absolute atomic E-state index is 0.196. The van der Waals surface area contributed by atoms with Gasteiger partial charge < -0.3 is 15.4 Å². The highest BCUT2D eigenvalue weighted by Gasteiger charge is 2.12. The van der Waals surface area contributed by atoms with Crippen molar-refractivity contribution in [3.05, 3.63) is 89.2 Å². The number of rotatable bonds is 7. The summed E-state index contributed by atoms with van der Waals surface area (Å²) in [6, 6.07) is 18.3. The fourth-order valence-corrected chi connectivity index (χ4v) is 2.93. The highest BCUT2D eigenvalue weighted by atomic mass is 16.5. The molecule has 0 saturated heterocycles. The van der Waals surface area contributed by atoms with E-state index in [-0.39, 0.29) is 17.5 Å². The second kappa shape index (κ2) is 9.50. The number of para-hydroxylation sites is 1. The van der Waals surface area contributed by atoms with Crippen molar-refractivity contribution in [1.29, 1.82) is 0 Å². The first-order valence-corrected chi connectivity index (χ1v) is 9.31. The Bertz CT molecular complexity index is 1020. The van der Waals surface area contributed by atoms with E-state index in [2.05, 4.69) is 15.6 Å². The number of nitrogens with zero attached hydrogens (tertiary/aromatic N) is 1. The van der Waals surface area contributed by atoms with Gasteiger partial charge in [0.05, 0.1) is 7.11 Å². The molecule has 0 aliphatic rings. The second-order valence-corrected chi connectivity index (χ2v) is 6.57. The maximum absolute atomic E-state index is 12.5. The molecule has 2 aromatic carbocycles. The van der Waals surface area contributed by atoms with Gasteiger partial charge in [-0.05, 0) is 54.8 Å². The van der Waals surface area contributed by atoms with Crippen LogP contribution in [0.1, 0.15) is 32.0 Å². The van der Waals surface area contributed by atoms with Gasteiger partial charge in [-0.15, -0.1) is 0 Å². The molecule has 0 aliphatic carbocycles. The Balaban J connectivity index is 1.61. The van der Waals surface area contributed by atoms with Gasteiger partial charge in [0.25, 0.3) is 11.8 Å². The van der Waals surface area contributed by atoms with E-state index in [1.807, 2.05) is 55.5 Å². The average molecular weight is 389 g/mol. The number of aromatic nitrogens is 1. The van der Waals surface area contributed by atoms with Gasteiger partial charge >= 0.3 is 0 Å². The van der Waals surface area contributed by atoms with Crippen LogP contribution >= 0.6 is 0 Å². The molecule has 0 spiro atoms. The summed E-state index contributed by atoms with van der Waals surface area (Å²) < 4.78 is 5.32. The first-order chi connectivity index (χ1) is 14.1. The molecule has 0 fully saturated rings. The number of nitrogens with one attached hydrogen (secondary N) is 2. The molecule has 1 aromatic heterocycles. The number of carbonyl (C=O) groups excluding carboxylic acids is 2. The zero-order valence-corrected chi connectivity index (χ0v) is 16.4. The van der Waals surface area contributed by atoms with Crippen molar-refractivity contribution in [2.45, 2.75) is 13.3 Å². The van der Waals surface area contributed by atoms with Crippen molar-refractivity contribution in [2.24, 2.45) is 0 Å². The van der Waals surface area contributed by atoms with Gasteiger partial charge in [0.2, 0.25) is 0 Å². The summed E-state index contributed by atoms with van der Waals surface area (Å²) in [5, 5.41) is 5.66. The van der Waals surface area contributed by atoms with E-state index in [9.17, 15) is 9.59 Å². The van der Waals surface area contributed by atoms with E-state index in [1.54, 1.807) is 13.2 Å². The van der Waals surface area contributed by atoms with Crippen LogP contribution < -0.4 is 15.4 Å². The fourth-order valence-electron chi connectivity index (χ4n) is 2.93. The SMILES string of the molecule is COc1ccccc1CCNC(=O)c1cc(C(=O)Nc2cccc(C)c2)ccn1. The molecule has 3 rings (SSSR count). The van der Waals surface area contributed by atoms with Crippen LogP contribution in [0.3, 0.4) is 0 Å². The number of pyridine rings is 1. The normalized spacial score (nSPS) is 10.3.